The predicted octanol–water partition coefficient (Wildman–Crippen LogP) is 2.28. The van der Waals surface area contributed by atoms with Gasteiger partial charge in [-0.1, -0.05) is 6.07 Å². The van der Waals surface area contributed by atoms with Crippen molar-refractivity contribution < 1.29 is 19.5 Å². The van der Waals surface area contributed by atoms with E-state index in [2.05, 4.69) is 4.98 Å². The Hall–Kier alpha value is -2.67. The van der Waals surface area contributed by atoms with Gasteiger partial charge in [0.25, 0.3) is 5.69 Å². The Labute approximate surface area is 114 Å². The van der Waals surface area contributed by atoms with E-state index in [1.165, 1.54) is 25.4 Å². The van der Waals surface area contributed by atoms with E-state index in [4.69, 9.17) is 14.6 Å². The summed E-state index contributed by atoms with van der Waals surface area (Å²) in [6.45, 7) is -0.119. The Morgan fingerprint density at radius 2 is 2.10 bits per heavy atom. The largest absolute Gasteiger partial charge is 0.493 e. The van der Waals surface area contributed by atoms with Crippen LogP contribution in [-0.2, 0) is 6.61 Å². The zero-order valence-corrected chi connectivity index (χ0v) is 10.6. The first kappa shape index (κ1) is 13.8. The van der Waals surface area contributed by atoms with Crippen molar-refractivity contribution in [2.75, 3.05) is 7.11 Å². The standard InChI is InChI=1S/C13H12N2O5/c1-19-12-6-9(8-16)2-3-11(12)20-13-7-10(15(17)18)4-5-14-13/h2-7,16H,8H2,1H3. The highest BCUT2D eigenvalue weighted by Crippen LogP contribution is 2.32. The summed E-state index contributed by atoms with van der Waals surface area (Å²) in [5, 5.41) is 19.7. The van der Waals surface area contributed by atoms with E-state index in [1.807, 2.05) is 0 Å². The fraction of sp³-hybridized carbons (Fsp3) is 0.154. The number of aromatic nitrogens is 1. The normalized spacial score (nSPS) is 10.1. The van der Waals surface area contributed by atoms with Crippen LogP contribution >= 0.6 is 0 Å². The van der Waals surface area contributed by atoms with Crippen LogP contribution in [0, 0.1) is 10.1 Å². The molecule has 1 aromatic carbocycles. The number of aliphatic hydroxyl groups excluding tert-OH is 1. The predicted molar refractivity (Wildman–Crippen MR) is 69.9 cm³/mol. The molecule has 20 heavy (non-hydrogen) atoms. The molecule has 1 aromatic heterocycles. The molecule has 7 nitrogen and oxygen atoms in total. The summed E-state index contributed by atoms with van der Waals surface area (Å²) in [5.74, 6) is 0.858. The lowest BCUT2D eigenvalue weighted by atomic mass is 10.2. The van der Waals surface area contributed by atoms with E-state index in [9.17, 15) is 10.1 Å². The number of benzene rings is 1. The van der Waals surface area contributed by atoms with E-state index in [0.29, 0.717) is 17.1 Å². The summed E-state index contributed by atoms with van der Waals surface area (Å²) in [6, 6.07) is 7.38. The van der Waals surface area contributed by atoms with E-state index in [0.717, 1.165) is 0 Å². The van der Waals surface area contributed by atoms with Gasteiger partial charge in [0.1, 0.15) is 0 Å². The lowest BCUT2D eigenvalue weighted by Crippen LogP contribution is -1.95. The Balaban J connectivity index is 2.29. The van der Waals surface area contributed by atoms with Crippen molar-refractivity contribution >= 4 is 5.69 Å². The third kappa shape index (κ3) is 3.01. The third-order valence-corrected chi connectivity index (χ3v) is 2.55. The first-order valence-corrected chi connectivity index (χ1v) is 5.70. The van der Waals surface area contributed by atoms with Crippen molar-refractivity contribution in [2.24, 2.45) is 0 Å². The van der Waals surface area contributed by atoms with Crippen LogP contribution in [0.5, 0.6) is 17.4 Å². The average molecular weight is 276 g/mol. The van der Waals surface area contributed by atoms with Crippen molar-refractivity contribution in [2.45, 2.75) is 6.61 Å². The molecule has 2 rings (SSSR count). The first-order chi connectivity index (χ1) is 9.63. The molecule has 0 aliphatic carbocycles. The van der Waals surface area contributed by atoms with Crippen LogP contribution in [0.15, 0.2) is 36.5 Å². The Morgan fingerprint density at radius 1 is 1.30 bits per heavy atom. The number of rotatable bonds is 5. The minimum atomic E-state index is -0.527. The van der Waals surface area contributed by atoms with Gasteiger partial charge in [-0.3, -0.25) is 10.1 Å². The number of nitrogens with zero attached hydrogens (tertiary/aromatic N) is 2. The van der Waals surface area contributed by atoms with E-state index >= 15 is 0 Å². The molecule has 0 spiro atoms. The summed E-state index contributed by atoms with van der Waals surface area (Å²) in [6.07, 6.45) is 1.29. The fourth-order valence-electron chi connectivity index (χ4n) is 1.58. The second kappa shape index (κ2) is 5.98. The number of hydrogen-bond donors (Lipinski definition) is 1. The van der Waals surface area contributed by atoms with Crippen LogP contribution in [0.4, 0.5) is 5.69 Å². The summed E-state index contributed by atoms with van der Waals surface area (Å²) in [7, 11) is 1.46. The summed E-state index contributed by atoms with van der Waals surface area (Å²) in [4.78, 5) is 14.1. The SMILES string of the molecule is COc1cc(CO)ccc1Oc1cc([N+](=O)[O-])ccn1. The first-order valence-electron chi connectivity index (χ1n) is 5.70. The molecule has 1 heterocycles. The fourth-order valence-corrected chi connectivity index (χ4v) is 1.58. The monoisotopic (exact) mass is 276 g/mol. The van der Waals surface area contributed by atoms with Crippen LogP contribution in [0.3, 0.4) is 0 Å². The van der Waals surface area contributed by atoms with Gasteiger partial charge in [0, 0.05) is 12.3 Å². The Kier molecular flexibility index (Phi) is 4.11. The molecule has 0 radical (unpaired) electrons. The van der Waals surface area contributed by atoms with Gasteiger partial charge in [0.2, 0.25) is 5.88 Å². The van der Waals surface area contributed by atoms with Gasteiger partial charge in [-0.15, -0.1) is 0 Å². The zero-order valence-electron chi connectivity index (χ0n) is 10.6. The molecule has 0 atom stereocenters. The molecule has 7 heteroatoms. The number of aliphatic hydroxyl groups is 1. The highest BCUT2D eigenvalue weighted by Gasteiger charge is 2.11. The van der Waals surface area contributed by atoms with Crippen LogP contribution in [-0.4, -0.2) is 22.1 Å². The molecule has 0 saturated heterocycles. The average Bonchev–Trinajstić information content (AvgIpc) is 2.48. The topological polar surface area (TPSA) is 94.7 Å². The van der Waals surface area contributed by atoms with Crippen LogP contribution in [0.25, 0.3) is 0 Å². The molecule has 0 saturated carbocycles. The maximum atomic E-state index is 10.7. The Bertz CT molecular complexity index is 630. The lowest BCUT2D eigenvalue weighted by Gasteiger charge is -2.10. The summed E-state index contributed by atoms with van der Waals surface area (Å²) in [5.41, 5.74) is 0.558. The van der Waals surface area contributed by atoms with Crippen molar-refractivity contribution in [1.82, 2.24) is 4.98 Å². The van der Waals surface area contributed by atoms with Gasteiger partial charge in [-0.2, -0.15) is 0 Å². The van der Waals surface area contributed by atoms with Gasteiger partial charge in [-0.25, -0.2) is 4.98 Å². The van der Waals surface area contributed by atoms with Gasteiger partial charge < -0.3 is 14.6 Å². The molecular weight excluding hydrogens is 264 g/mol. The van der Waals surface area contributed by atoms with Crippen LogP contribution < -0.4 is 9.47 Å². The highest BCUT2D eigenvalue weighted by atomic mass is 16.6. The van der Waals surface area contributed by atoms with Crippen LogP contribution in [0.2, 0.25) is 0 Å². The third-order valence-electron chi connectivity index (χ3n) is 2.55. The van der Waals surface area contributed by atoms with Gasteiger partial charge in [0.15, 0.2) is 11.5 Å². The molecule has 0 unspecified atom stereocenters. The molecule has 0 aliphatic heterocycles. The van der Waals surface area contributed by atoms with E-state index in [-0.39, 0.29) is 18.2 Å². The quantitative estimate of drug-likeness (QED) is 0.665. The molecule has 104 valence electrons. The van der Waals surface area contributed by atoms with Crippen molar-refractivity contribution in [3.63, 3.8) is 0 Å². The number of methoxy groups -OCH3 is 1. The molecule has 0 aliphatic rings. The smallest absolute Gasteiger partial charge is 0.276 e. The number of pyridine rings is 1. The second-order valence-electron chi connectivity index (χ2n) is 3.85. The van der Waals surface area contributed by atoms with Crippen molar-refractivity contribution in [3.05, 3.63) is 52.2 Å². The van der Waals surface area contributed by atoms with Crippen LogP contribution in [0.1, 0.15) is 5.56 Å². The van der Waals surface area contributed by atoms with Crippen molar-refractivity contribution in [3.8, 4) is 17.4 Å². The molecule has 0 fully saturated rings. The van der Waals surface area contributed by atoms with Gasteiger partial charge >= 0.3 is 0 Å². The minimum Gasteiger partial charge on any atom is -0.493 e. The van der Waals surface area contributed by atoms with E-state index in [1.54, 1.807) is 18.2 Å². The van der Waals surface area contributed by atoms with E-state index < -0.39 is 4.92 Å². The number of nitro groups is 1. The molecule has 0 amide bonds. The summed E-state index contributed by atoms with van der Waals surface area (Å²) >= 11 is 0. The number of hydrogen-bond acceptors (Lipinski definition) is 6. The molecular formula is C13H12N2O5. The zero-order chi connectivity index (χ0) is 14.5. The highest BCUT2D eigenvalue weighted by molar-refractivity contribution is 5.45. The maximum absolute atomic E-state index is 10.7. The maximum Gasteiger partial charge on any atom is 0.276 e. The molecule has 0 bridgehead atoms. The molecule has 2 aromatic rings. The van der Waals surface area contributed by atoms with Gasteiger partial charge in [-0.05, 0) is 17.7 Å². The lowest BCUT2D eigenvalue weighted by molar-refractivity contribution is -0.385. The molecule has 1 N–H and O–H groups in total. The number of ether oxygens (including phenoxy) is 2. The Morgan fingerprint density at radius 3 is 2.75 bits per heavy atom. The van der Waals surface area contributed by atoms with Crippen molar-refractivity contribution in [1.29, 1.82) is 0 Å². The second-order valence-corrected chi connectivity index (χ2v) is 3.85. The minimum absolute atomic E-state index is 0.0919. The van der Waals surface area contributed by atoms with Gasteiger partial charge in [0.05, 0.1) is 24.7 Å². The summed E-state index contributed by atoms with van der Waals surface area (Å²) < 4.78 is 10.6.